The van der Waals surface area contributed by atoms with Crippen LogP contribution in [0.2, 0.25) is 0 Å². The lowest BCUT2D eigenvalue weighted by Crippen LogP contribution is -2.02. The number of hydrogen-bond donors (Lipinski definition) is 0. The van der Waals surface area contributed by atoms with Gasteiger partial charge in [-0.2, -0.15) is 21.7 Å². The second-order valence-corrected chi connectivity index (χ2v) is 2.69. The van der Waals surface area contributed by atoms with Crippen LogP contribution in [0.5, 0.6) is 0 Å². The minimum Gasteiger partial charge on any atom is -0.431 e. The Morgan fingerprint density at radius 2 is 2.33 bits per heavy atom. The van der Waals surface area contributed by atoms with Gasteiger partial charge in [-0.25, -0.2) is 0 Å². The van der Waals surface area contributed by atoms with Gasteiger partial charge in [-0.1, -0.05) is 6.92 Å². The summed E-state index contributed by atoms with van der Waals surface area (Å²) in [6.45, 7) is 2.24. The zero-order valence-corrected chi connectivity index (χ0v) is 6.07. The molecule has 4 heteroatoms. The number of ether oxygens (including phenoxy) is 1. The molecule has 0 aliphatic heterocycles. The van der Waals surface area contributed by atoms with Gasteiger partial charge in [0.1, 0.15) is 6.61 Å². The van der Waals surface area contributed by atoms with Crippen molar-refractivity contribution in [1.82, 2.24) is 0 Å². The lowest BCUT2D eigenvalue weighted by Gasteiger charge is -1.95. The fourth-order valence-electron chi connectivity index (χ4n) is 0.328. The number of carbonyl (C=O) groups excluding carboxylic acids is 1. The van der Waals surface area contributed by atoms with Crippen molar-refractivity contribution in [2.75, 3.05) is 18.1 Å². The smallest absolute Gasteiger partial charge is 0.431 e. The van der Waals surface area contributed by atoms with E-state index >= 15 is 0 Å². The first-order valence-electron chi connectivity index (χ1n) is 2.69. The van der Waals surface area contributed by atoms with E-state index in [1.54, 1.807) is 11.8 Å². The maximum absolute atomic E-state index is 9.62. The first-order chi connectivity index (χ1) is 4.27. The van der Waals surface area contributed by atoms with Crippen molar-refractivity contribution in [3.05, 3.63) is 0 Å². The Hall–Kier alpha value is -0.380. The molecule has 0 aromatic carbocycles. The van der Waals surface area contributed by atoms with Gasteiger partial charge in [0.15, 0.2) is 0 Å². The summed E-state index contributed by atoms with van der Waals surface area (Å²) in [7, 11) is 0. The predicted octanol–water partition coefficient (Wildman–Crippen LogP) is 1.31. The topological polar surface area (TPSA) is 46.2 Å². The first-order valence-corrected chi connectivity index (χ1v) is 3.84. The number of thioether (sulfide) groups is 1. The molecule has 0 unspecified atom stereocenters. The molecule has 0 rings (SSSR count). The molecule has 0 fully saturated rings. The minimum atomic E-state index is -1.44. The van der Waals surface area contributed by atoms with Crippen LogP contribution in [0, 0.1) is 0 Å². The monoisotopic (exact) mass is 149 g/mol. The van der Waals surface area contributed by atoms with Gasteiger partial charge in [0.2, 0.25) is 0 Å². The van der Waals surface area contributed by atoms with E-state index in [0.717, 1.165) is 5.75 Å². The second kappa shape index (κ2) is 5.75. The van der Waals surface area contributed by atoms with Crippen LogP contribution in [0.3, 0.4) is 0 Å². The molecule has 0 atom stereocenters. The molecular formula is C5H9O3S. The molecule has 1 radical (unpaired) electrons. The van der Waals surface area contributed by atoms with Crippen LogP contribution < -0.4 is 0 Å². The van der Waals surface area contributed by atoms with E-state index in [1.165, 1.54) is 0 Å². The summed E-state index contributed by atoms with van der Waals surface area (Å²) in [4.78, 5) is 9.62. The van der Waals surface area contributed by atoms with Crippen molar-refractivity contribution in [2.24, 2.45) is 0 Å². The number of rotatable bonds is 4. The van der Waals surface area contributed by atoms with E-state index < -0.39 is 6.16 Å². The van der Waals surface area contributed by atoms with Crippen molar-refractivity contribution in [3.8, 4) is 0 Å². The molecule has 0 bridgehead atoms. The molecule has 9 heavy (non-hydrogen) atoms. The van der Waals surface area contributed by atoms with Crippen LogP contribution in [0.1, 0.15) is 6.92 Å². The summed E-state index contributed by atoms with van der Waals surface area (Å²) in [5.41, 5.74) is 0. The Morgan fingerprint density at radius 1 is 1.67 bits per heavy atom. The Kier molecular flexibility index (Phi) is 5.51. The fourth-order valence-corrected chi connectivity index (χ4v) is 0.818. The molecule has 0 aromatic rings. The van der Waals surface area contributed by atoms with Crippen molar-refractivity contribution in [2.45, 2.75) is 6.92 Å². The molecule has 0 heterocycles. The Bertz CT molecular complexity index is 84.3. The summed E-state index contributed by atoms with van der Waals surface area (Å²) in [6.07, 6.45) is -1.44. The summed E-state index contributed by atoms with van der Waals surface area (Å²) < 4.78 is 4.13. The average Bonchev–Trinajstić information content (AvgIpc) is 1.80. The van der Waals surface area contributed by atoms with Gasteiger partial charge in [-0.15, -0.1) is 0 Å². The molecule has 0 N–H and O–H groups in total. The van der Waals surface area contributed by atoms with Gasteiger partial charge in [-0.3, -0.25) is 0 Å². The highest BCUT2D eigenvalue weighted by molar-refractivity contribution is 7.99. The Morgan fingerprint density at radius 3 is 2.78 bits per heavy atom. The highest BCUT2D eigenvalue weighted by Crippen LogP contribution is 1.96. The minimum absolute atomic E-state index is 0.237. The molecule has 0 saturated carbocycles. The van der Waals surface area contributed by atoms with E-state index in [-0.39, 0.29) is 6.61 Å². The van der Waals surface area contributed by atoms with Crippen molar-refractivity contribution in [3.63, 3.8) is 0 Å². The second-order valence-electron chi connectivity index (χ2n) is 1.30. The molecule has 3 nitrogen and oxygen atoms in total. The van der Waals surface area contributed by atoms with E-state index in [0.29, 0.717) is 5.75 Å². The quantitative estimate of drug-likeness (QED) is 0.447. The molecule has 0 saturated heterocycles. The third kappa shape index (κ3) is 7.62. The molecular weight excluding hydrogens is 140 g/mol. The molecule has 0 spiro atoms. The summed E-state index contributed by atoms with van der Waals surface area (Å²) in [6, 6.07) is 0. The average molecular weight is 149 g/mol. The molecule has 0 aromatic heterocycles. The van der Waals surface area contributed by atoms with Crippen LogP contribution in [0.25, 0.3) is 0 Å². The maximum atomic E-state index is 9.62. The number of carbonyl (C=O) groups is 1. The lowest BCUT2D eigenvalue weighted by molar-refractivity contribution is 0.0730. The summed E-state index contributed by atoms with van der Waals surface area (Å²) >= 11 is 1.63. The Labute approximate surface area is 58.4 Å². The van der Waals surface area contributed by atoms with Gasteiger partial charge in [0, 0.05) is 5.75 Å². The molecule has 0 aliphatic rings. The van der Waals surface area contributed by atoms with E-state index in [4.69, 9.17) is 0 Å². The van der Waals surface area contributed by atoms with Crippen molar-refractivity contribution < 1.29 is 14.6 Å². The maximum Gasteiger partial charge on any atom is 0.550 e. The normalized spacial score (nSPS) is 9.00. The third-order valence-corrected chi connectivity index (χ3v) is 1.52. The van der Waals surface area contributed by atoms with Crippen LogP contribution in [0.15, 0.2) is 0 Å². The highest BCUT2D eigenvalue weighted by Gasteiger charge is 1.96. The van der Waals surface area contributed by atoms with Gasteiger partial charge >= 0.3 is 6.16 Å². The standard InChI is InChI=1S/C5H9O3S/c1-2-9-4-3-8-5(6)7/h2-4H2,1H3. The zero-order valence-electron chi connectivity index (χ0n) is 5.25. The first kappa shape index (κ1) is 8.62. The van der Waals surface area contributed by atoms with E-state index in [1.807, 2.05) is 6.92 Å². The zero-order chi connectivity index (χ0) is 7.11. The van der Waals surface area contributed by atoms with Crippen molar-refractivity contribution in [1.29, 1.82) is 0 Å². The van der Waals surface area contributed by atoms with Crippen LogP contribution >= 0.6 is 11.8 Å². The van der Waals surface area contributed by atoms with Gasteiger partial charge in [0.25, 0.3) is 0 Å². The van der Waals surface area contributed by atoms with Gasteiger partial charge < -0.3 is 4.74 Å². The van der Waals surface area contributed by atoms with Crippen LogP contribution in [0.4, 0.5) is 4.79 Å². The predicted molar refractivity (Wildman–Crippen MR) is 35.0 cm³/mol. The Balaban J connectivity index is 2.83. The fraction of sp³-hybridized carbons (Fsp3) is 0.800. The van der Waals surface area contributed by atoms with E-state index in [9.17, 15) is 9.90 Å². The largest absolute Gasteiger partial charge is 0.550 e. The van der Waals surface area contributed by atoms with Gasteiger partial charge in [0.05, 0.1) is 0 Å². The molecule has 0 aliphatic carbocycles. The number of hydrogen-bond acceptors (Lipinski definition) is 3. The lowest BCUT2D eigenvalue weighted by atomic mass is 10.9. The molecule has 53 valence electrons. The van der Waals surface area contributed by atoms with E-state index in [2.05, 4.69) is 4.74 Å². The summed E-state index contributed by atoms with van der Waals surface area (Å²) in [5.74, 6) is 1.70. The van der Waals surface area contributed by atoms with Crippen LogP contribution in [-0.2, 0) is 9.84 Å². The molecule has 0 amide bonds. The SMILES string of the molecule is CCSCCOC([O])=O. The summed E-state index contributed by atoms with van der Waals surface area (Å²) in [5, 5.41) is 9.62. The van der Waals surface area contributed by atoms with Crippen LogP contribution in [-0.4, -0.2) is 24.3 Å². The highest BCUT2D eigenvalue weighted by atomic mass is 32.2. The third-order valence-electron chi connectivity index (χ3n) is 0.652. The van der Waals surface area contributed by atoms with Crippen molar-refractivity contribution >= 4 is 17.9 Å². The van der Waals surface area contributed by atoms with Gasteiger partial charge in [-0.05, 0) is 5.75 Å².